The number of ether oxygens (including phenoxy) is 2. The van der Waals surface area contributed by atoms with Gasteiger partial charge in [-0.1, -0.05) is 135 Å². The van der Waals surface area contributed by atoms with E-state index in [0.717, 1.165) is 77.0 Å². The van der Waals surface area contributed by atoms with Crippen LogP contribution in [0, 0.1) is 5.82 Å². The highest BCUT2D eigenvalue weighted by Crippen LogP contribution is 2.23. The number of carbonyl (C=O) groups is 2. The molecular formula is C43H75FN2O10. The molecule has 0 aromatic heterocycles. The van der Waals surface area contributed by atoms with Crippen molar-refractivity contribution in [2.75, 3.05) is 19.8 Å². The molecule has 13 heteroatoms. The standard InChI is InChI=1S/C43H75FN2O10/c1-2-3-4-5-6-7-8-9-11-14-17-20-26-35(48)38(50)34(31-55-43-41(53)40(52)39(51)36(30-47)56-43)46-37(49)27-21-18-15-12-10-13-16-19-22-28-45-42(54)32-24-23-25-33(44)29-32/h23-25,29,34-36,38-41,43,47-48,50-53H,2-22,26-28,30-31H2,1H3,(H,45,54)(H,46,49)/t34?,35?,36-,38?,39+,40+,41-,43+/m1/s1. The Morgan fingerprint density at radius 1 is 0.768 bits per heavy atom. The van der Waals surface area contributed by atoms with E-state index in [4.69, 9.17) is 9.47 Å². The molecular weight excluding hydrogens is 723 g/mol. The number of halogens is 1. The number of hydrogen-bond donors (Lipinski definition) is 8. The summed E-state index contributed by atoms with van der Waals surface area (Å²) >= 11 is 0. The fourth-order valence-corrected chi connectivity index (χ4v) is 7.12. The van der Waals surface area contributed by atoms with Crippen LogP contribution in [-0.2, 0) is 14.3 Å². The molecule has 8 atom stereocenters. The van der Waals surface area contributed by atoms with Gasteiger partial charge in [0.15, 0.2) is 6.29 Å². The van der Waals surface area contributed by atoms with Crippen LogP contribution in [0.2, 0.25) is 0 Å². The first-order valence-corrected chi connectivity index (χ1v) is 21.7. The second-order valence-corrected chi connectivity index (χ2v) is 15.6. The van der Waals surface area contributed by atoms with Crippen molar-refractivity contribution < 1.29 is 54.1 Å². The van der Waals surface area contributed by atoms with Gasteiger partial charge < -0.3 is 50.7 Å². The van der Waals surface area contributed by atoms with Gasteiger partial charge in [-0.3, -0.25) is 9.59 Å². The van der Waals surface area contributed by atoms with E-state index in [0.29, 0.717) is 24.9 Å². The van der Waals surface area contributed by atoms with Crippen molar-refractivity contribution in [2.45, 2.75) is 204 Å². The molecule has 0 aliphatic carbocycles. The Balaban J connectivity index is 1.68. The van der Waals surface area contributed by atoms with E-state index in [2.05, 4.69) is 17.6 Å². The van der Waals surface area contributed by atoms with Gasteiger partial charge in [0, 0.05) is 18.5 Å². The van der Waals surface area contributed by atoms with E-state index in [-0.39, 0.29) is 24.8 Å². The summed E-state index contributed by atoms with van der Waals surface area (Å²) in [6, 6.07) is 4.61. The smallest absolute Gasteiger partial charge is 0.251 e. The monoisotopic (exact) mass is 799 g/mol. The van der Waals surface area contributed by atoms with Crippen LogP contribution >= 0.6 is 0 Å². The molecule has 1 heterocycles. The first kappa shape index (κ1) is 49.9. The van der Waals surface area contributed by atoms with Crippen LogP contribution in [0.1, 0.15) is 165 Å². The van der Waals surface area contributed by atoms with Gasteiger partial charge in [0.2, 0.25) is 5.91 Å². The maximum absolute atomic E-state index is 13.3. The van der Waals surface area contributed by atoms with Crippen LogP contribution in [-0.4, -0.2) is 111 Å². The van der Waals surface area contributed by atoms with E-state index >= 15 is 0 Å². The minimum atomic E-state index is -1.63. The minimum Gasteiger partial charge on any atom is -0.394 e. The molecule has 1 aliphatic heterocycles. The predicted molar refractivity (Wildman–Crippen MR) is 214 cm³/mol. The molecule has 8 N–H and O–H groups in total. The predicted octanol–water partition coefficient (Wildman–Crippen LogP) is 5.57. The molecule has 1 aliphatic rings. The average molecular weight is 799 g/mol. The van der Waals surface area contributed by atoms with E-state index in [1.165, 1.54) is 69.6 Å². The quantitative estimate of drug-likeness (QED) is 0.0416. The molecule has 0 bridgehead atoms. The van der Waals surface area contributed by atoms with Crippen LogP contribution in [0.4, 0.5) is 4.39 Å². The molecule has 1 aromatic carbocycles. The van der Waals surface area contributed by atoms with Gasteiger partial charge in [0.1, 0.15) is 36.3 Å². The Morgan fingerprint density at radius 2 is 1.32 bits per heavy atom. The number of aliphatic hydroxyl groups excluding tert-OH is 6. The summed E-state index contributed by atoms with van der Waals surface area (Å²) in [5.74, 6) is -1.01. The third kappa shape index (κ3) is 21.0. The lowest BCUT2D eigenvalue weighted by Crippen LogP contribution is -2.60. The second-order valence-electron chi connectivity index (χ2n) is 15.6. The van der Waals surface area contributed by atoms with E-state index < -0.39 is 61.4 Å². The SMILES string of the molecule is CCCCCCCCCCCCCCC(O)C(O)C(CO[C@H]1O[C@H](CO)[C@H](O)[C@H](O)[C@H]1O)NC(=O)CCCCCCCCCCCNC(=O)c1cccc(F)c1. The molecule has 56 heavy (non-hydrogen) atoms. The van der Waals surface area contributed by atoms with E-state index in [1.807, 2.05) is 0 Å². The van der Waals surface area contributed by atoms with Crippen molar-refractivity contribution in [3.05, 3.63) is 35.6 Å². The summed E-state index contributed by atoms with van der Waals surface area (Å²) in [5.41, 5.74) is 0.319. The maximum Gasteiger partial charge on any atom is 0.251 e. The molecule has 1 fully saturated rings. The Morgan fingerprint density at radius 3 is 1.89 bits per heavy atom. The summed E-state index contributed by atoms with van der Waals surface area (Å²) in [4.78, 5) is 25.1. The molecule has 0 saturated carbocycles. The minimum absolute atomic E-state index is 0.222. The second kappa shape index (κ2) is 30.8. The van der Waals surface area contributed by atoms with Crippen LogP contribution < -0.4 is 10.6 Å². The summed E-state index contributed by atoms with van der Waals surface area (Å²) in [6.45, 7) is 1.81. The van der Waals surface area contributed by atoms with Crippen molar-refractivity contribution in [3.8, 4) is 0 Å². The van der Waals surface area contributed by atoms with Gasteiger partial charge in [-0.05, 0) is 37.5 Å². The largest absolute Gasteiger partial charge is 0.394 e. The fourth-order valence-electron chi connectivity index (χ4n) is 7.12. The summed E-state index contributed by atoms with van der Waals surface area (Å²) in [6.07, 6.45) is 13.3. The lowest BCUT2D eigenvalue weighted by atomic mass is 9.98. The molecule has 1 saturated heterocycles. The number of amides is 2. The lowest BCUT2D eigenvalue weighted by molar-refractivity contribution is -0.303. The maximum atomic E-state index is 13.3. The Hall–Kier alpha value is -2.23. The van der Waals surface area contributed by atoms with Gasteiger partial charge in [-0.15, -0.1) is 0 Å². The summed E-state index contributed by atoms with van der Waals surface area (Å²) in [7, 11) is 0. The Labute approximate surface area is 335 Å². The highest BCUT2D eigenvalue weighted by atomic mass is 19.1. The van der Waals surface area contributed by atoms with Gasteiger partial charge in [-0.25, -0.2) is 4.39 Å². The topological polar surface area (TPSA) is 198 Å². The highest BCUT2D eigenvalue weighted by molar-refractivity contribution is 5.94. The molecule has 0 spiro atoms. The number of carbonyl (C=O) groups excluding carboxylic acids is 2. The number of unbranched alkanes of at least 4 members (excludes halogenated alkanes) is 19. The lowest BCUT2D eigenvalue weighted by Gasteiger charge is -2.40. The number of hydrogen-bond acceptors (Lipinski definition) is 10. The molecule has 12 nitrogen and oxygen atoms in total. The molecule has 2 amide bonds. The van der Waals surface area contributed by atoms with Crippen LogP contribution in [0.5, 0.6) is 0 Å². The van der Waals surface area contributed by atoms with Crippen LogP contribution in [0.25, 0.3) is 0 Å². The first-order valence-electron chi connectivity index (χ1n) is 21.7. The molecule has 0 radical (unpaired) electrons. The zero-order chi connectivity index (χ0) is 41.0. The number of rotatable bonds is 33. The number of nitrogens with one attached hydrogen (secondary N) is 2. The van der Waals surface area contributed by atoms with E-state index in [9.17, 15) is 44.6 Å². The third-order valence-electron chi connectivity index (χ3n) is 10.7. The van der Waals surface area contributed by atoms with Gasteiger partial charge in [0.25, 0.3) is 5.91 Å². The van der Waals surface area contributed by atoms with Crippen LogP contribution in [0.15, 0.2) is 24.3 Å². The van der Waals surface area contributed by atoms with Crippen molar-refractivity contribution in [3.63, 3.8) is 0 Å². The van der Waals surface area contributed by atoms with Crippen molar-refractivity contribution >= 4 is 11.8 Å². The Kier molecular flexibility index (Phi) is 27.4. The normalized spacial score (nSPS) is 21.4. The molecule has 2 rings (SSSR count). The zero-order valence-electron chi connectivity index (χ0n) is 34.0. The zero-order valence-corrected chi connectivity index (χ0v) is 34.0. The fraction of sp³-hybridized carbons (Fsp3) is 0.814. The Bertz CT molecular complexity index is 1160. The van der Waals surface area contributed by atoms with Crippen LogP contribution in [0.3, 0.4) is 0 Å². The number of aliphatic hydroxyl groups is 6. The third-order valence-corrected chi connectivity index (χ3v) is 10.7. The first-order chi connectivity index (χ1) is 27.1. The number of benzene rings is 1. The van der Waals surface area contributed by atoms with Crippen molar-refractivity contribution in [2.24, 2.45) is 0 Å². The molecule has 1 aromatic rings. The van der Waals surface area contributed by atoms with Gasteiger partial charge in [0.05, 0.1) is 25.4 Å². The highest BCUT2D eigenvalue weighted by Gasteiger charge is 2.44. The molecule has 3 unspecified atom stereocenters. The van der Waals surface area contributed by atoms with Crippen molar-refractivity contribution in [1.82, 2.24) is 10.6 Å². The van der Waals surface area contributed by atoms with Gasteiger partial charge in [-0.2, -0.15) is 0 Å². The summed E-state index contributed by atoms with van der Waals surface area (Å²) < 4.78 is 24.4. The van der Waals surface area contributed by atoms with Crippen molar-refractivity contribution in [1.29, 1.82) is 0 Å². The average Bonchev–Trinajstić information content (AvgIpc) is 3.19. The van der Waals surface area contributed by atoms with Gasteiger partial charge >= 0.3 is 0 Å². The summed E-state index contributed by atoms with van der Waals surface area (Å²) in [5, 5.41) is 67.8. The molecule has 324 valence electrons. The van der Waals surface area contributed by atoms with E-state index in [1.54, 1.807) is 6.07 Å².